The van der Waals surface area contributed by atoms with Crippen molar-refractivity contribution in [1.29, 1.82) is 0 Å². The standard InChI is InChI=1S/C4H10N.C3H8O.CH4.Ti/c1-3-5-4-2;1-3(2)4;;/h5H,1,3-4H2,2H3;3-4H,1-2H3;1H4;/q-1;;;. The molecule has 0 heterocycles. The summed E-state index contributed by atoms with van der Waals surface area (Å²) in [6.07, 6.45) is -0.167. The van der Waals surface area contributed by atoms with Crippen molar-refractivity contribution >= 4 is 0 Å². The Balaban J connectivity index is -0.0000000383. The van der Waals surface area contributed by atoms with Crippen molar-refractivity contribution in [1.82, 2.24) is 5.32 Å². The van der Waals surface area contributed by atoms with Gasteiger partial charge in [-0.1, -0.05) is 14.4 Å². The second kappa shape index (κ2) is 22.4. The number of rotatable bonds is 2. The second-order valence-corrected chi connectivity index (χ2v) is 1.95. The molecule has 2 nitrogen and oxygen atoms in total. The SMILES string of the molecule is C.CC(C)O.[CH2-]CNCC.[Ti]. The molecule has 0 aromatic rings. The van der Waals surface area contributed by atoms with Crippen LogP contribution in [0.4, 0.5) is 0 Å². The van der Waals surface area contributed by atoms with Gasteiger partial charge in [0, 0.05) is 27.8 Å². The maximum Gasteiger partial charge on any atom is 0.0483 e. The number of aliphatic hydroxyl groups excluding tert-OH is 1. The normalized spacial score (nSPS) is 7.09. The van der Waals surface area contributed by atoms with Crippen molar-refractivity contribution in [3.8, 4) is 0 Å². The Bertz CT molecular complexity index is 38.3. The van der Waals surface area contributed by atoms with Crippen molar-refractivity contribution in [3.05, 3.63) is 6.92 Å². The topological polar surface area (TPSA) is 32.3 Å². The Labute approximate surface area is 86.7 Å². The van der Waals surface area contributed by atoms with Crippen molar-refractivity contribution in [2.45, 2.75) is 34.3 Å². The number of nitrogens with one attached hydrogen (secondary N) is 1. The van der Waals surface area contributed by atoms with Gasteiger partial charge in [-0.25, -0.2) is 0 Å². The van der Waals surface area contributed by atoms with E-state index in [1.54, 1.807) is 13.8 Å². The van der Waals surface area contributed by atoms with Gasteiger partial charge in [0.25, 0.3) is 0 Å². The van der Waals surface area contributed by atoms with Crippen molar-refractivity contribution in [2.75, 3.05) is 13.1 Å². The van der Waals surface area contributed by atoms with Crippen LogP contribution in [-0.2, 0) is 21.7 Å². The van der Waals surface area contributed by atoms with Gasteiger partial charge in [-0.3, -0.25) is 0 Å². The predicted molar refractivity (Wildman–Crippen MR) is 48.0 cm³/mol. The number of aliphatic hydroxyl groups is 1. The zero-order valence-corrected chi connectivity index (χ0v) is 8.71. The average Bonchev–Trinajstić information content (AvgIpc) is 1.66. The summed E-state index contributed by atoms with van der Waals surface area (Å²) in [7, 11) is 0. The average molecular weight is 196 g/mol. The van der Waals surface area contributed by atoms with Crippen molar-refractivity contribution < 1.29 is 26.8 Å². The molecular weight excluding hydrogens is 174 g/mol. The molecule has 0 spiro atoms. The summed E-state index contributed by atoms with van der Waals surface area (Å²) in [5.74, 6) is 0. The van der Waals surface area contributed by atoms with Crippen LogP contribution in [0.15, 0.2) is 0 Å². The minimum absolute atomic E-state index is 0. The van der Waals surface area contributed by atoms with Gasteiger partial charge in [-0.05, 0) is 20.4 Å². The molecule has 0 amide bonds. The first-order chi connectivity index (χ1) is 4.15. The molecule has 0 saturated carbocycles. The molecule has 0 bridgehead atoms. The van der Waals surface area contributed by atoms with Gasteiger partial charge in [0.15, 0.2) is 0 Å². The molecule has 0 aromatic heterocycles. The molecule has 70 valence electrons. The Morgan fingerprint density at radius 1 is 1.45 bits per heavy atom. The van der Waals surface area contributed by atoms with Crippen LogP contribution in [0.2, 0.25) is 0 Å². The van der Waals surface area contributed by atoms with Crippen molar-refractivity contribution in [3.63, 3.8) is 0 Å². The van der Waals surface area contributed by atoms with Gasteiger partial charge in [0.1, 0.15) is 0 Å². The molecule has 11 heavy (non-hydrogen) atoms. The van der Waals surface area contributed by atoms with Gasteiger partial charge in [-0.2, -0.15) is 0 Å². The largest absolute Gasteiger partial charge is 0.394 e. The molecule has 0 atom stereocenters. The molecule has 0 aliphatic carbocycles. The monoisotopic (exact) mass is 196 g/mol. The van der Waals surface area contributed by atoms with Crippen LogP contribution in [0.25, 0.3) is 0 Å². The first-order valence-corrected chi connectivity index (χ1v) is 3.33. The maximum absolute atomic E-state index is 8.06. The summed E-state index contributed by atoms with van der Waals surface area (Å²) in [5.41, 5.74) is 0. The van der Waals surface area contributed by atoms with E-state index in [9.17, 15) is 0 Å². The van der Waals surface area contributed by atoms with E-state index < -0.39 is 0 Å². The third-order valence-corrected chi connectivity index (χ3v) is 0.427. The fourth-order valence-corrected chi connectivity index (χ4v) is 0.177. The Morgan fingerprint density at radius 3 is 1.73 bits per heavy atom. The molecule has 0 aromatic carbocycles. The summed E-state index contributed by atoms with van der Waals surface area (Å²) in [6, 6.07) is 0. The Hall–Kier alpha value is 0.634. The maximum atomic E-state index is 8.06. The van der Waals surface area contributed by atoms with E-state index in [1.165, 1.54) is 0 Å². The molecule has 0 radical (unpaired) electrons. The number of hydrogen-bond donors (Lipinski definition) is 2. The summed E-state index contributed by atoms with van der Waals surface area (Å²) in [6.45, 7) is 10.9. The van der Waals surface area contributed by atoms with E-state index in [1.807, 2.05) is 0 Å². The van der Waals surface area contributed by atoms with Gasteiger partial charge in [0.05, 0.1) is 0 Å². The third-order valence-electron chi connectivity index (χ3n) is 0.427. The van der Waals surface area contributed by atoms with Gasteiger partial charge < -0.3 is 17.3 Å². The van der Waals surface area contributed by atoms with E-state index in [0.29, 0.717) is 0 Å². The predicted octanol–water partition coefficient (Wildman–Crippen LogP) is 1.45. The zero-order chi connectivity index (χ0) is 7.70. The molecule has 0 unspecified atom stereocenters. The molecule has 0 fully saturated rings. The Kier molecular flexibility index (Phi) is 46.0. The van der Waals surface area contributed by atoms with Gasteiger partial charge in [-0.15, -0.1) is 6.54 Å². The van der Waals surface area contributed by atoms with Crippen LogP contribution >= 0.6 is 0 Å². The van der Waals surface area contributed by atoms with Crippen LogP contribution in [0.1, 0.15) is 28.2 Å². The smallest absolute Gasteiger partial charge is 0.0483 e. The number of hydrogen-bond acceptors (Lipinski definition) is 2. The van der Waals surface area contributed by atoms with E-state index in [0.717, 1.165) is 13.1 Å². The van der Waals surface area contributed by atoms with Crippen LogP contribution < -0.4 is 5.32 Å². The fraction of sp³-hybridized carbons (Fsp3) is 0.875. The van der Waals surface area contributed by atoms with Crippen LogP contribution in [0, 0.1) is 6.92 Å². The van der Waals surface area contributed by atoms with Crippen LogP contribution in [-0.4, -0.2) is 24.3 Å². The molecule has 0 aliphatic rings. The molecule has 2 N–H and O–H groups in total. The van der Waals surface area contributed by atoms with E-state index >= 15 is 0 Å². The molecule has 0 aliphatic heterocycles. The van der Waals surface area contributed by atoms with E-state index in [-0.39, 0.29) is 35.2 Å². The summed E-state index contributed by atoms with van der Waals surface area (Å²) in [5, 5.41) is 11.1. The molecule has 0 saturated heterocycles. The fourth-order valence-electron chi connectivity index (χ4n) is 0.177. The van der Waals surface area contributed by atoms with Gasteiger partial charge >= 0.3 is 0 Å². The Morgan fingerprint density at radius 2 is 1.73 bits per heavy atom. The van der Waals surface area contributed by atoms with Gasteiger partial charge in [0.2, 0.25) is 0 Å². The summed E-state index contributed by atoms with van der Waals surface area (Å²) in [4.78, 5) is 0. The van der Waals surface area contributed by atoms with Crippen molar-refractivity contribution in [2.24, 2.45) is 0 Å². The quantitative estimate of drug-likeness (QED) is 0.517. The minimum Gasteiger partial charge on any atom is -0.394 e. The third kappa shape index (κ3) is 114. The molecular formula is C8H22NOTi-. The second-order valence-electron chi connectivity index (χ2n) is 1.95. The summed E-state index contributed by atoms with van der Waals surface area (Å²) < 4.78 is 0. The minimum atomic E-state index is -0.167. The summed E-state index contributed by atoms with van der Waals surface area (Å²) >= 11 is 0. The van der Waals surface area contributed by atoms with E-state index in [4.69, 9.17) is 5.11 Å². The van der Waals surface area contributed by atoms with E-state index in [2.05, 4.69) is 19.2 Å². The zero-order valence-electron chi connectivity index (χ0n) is 7.15. The molecule has 3 heteroatoms. The van der Waals surface area contributed by atoms with Crippen LogP contribution in [0.5, 0.6) is 0 Å². The first kappa shape index (κ1) is 22.6. The van der Waals surface area contributed by atoms with Crippen LogP contribution in [0.3, 0.4) is 0 Å². The first-order valence-electron chi connectivity index (χ1n) is 3.33. The molecule has 0 rings (SSSR count).